The van der Waals surface area contributed by atoms with Crippen molar-refractivity contribution in [2.24, 2.45) is 0 Å². The fourth-order valence-corrected chi connectivity index (χ4v) is 1.41. The van der Waals surface area contributed by atoms with Crippen LogP contribution in [0.2, 0.25) is 0 Å². The molecule has 7 heteroatoms. The van der Waals surface area contributed by atoms with E-state index in [1.165, 1.54) is 12.1 Å². The second kappa shape index (κ2) is 4.32. The van der Waals surface area contributed by atoms with Crippen LogP contribution in [0.3, 0.4) is 0 Å². The number of benzene rings is 1. The minimum absolute atomic E-state index is 0.00245. The molecule has 1 aromatic heterocycles. The number of phenolic OH excluding ortho intramolecular Hbond substituents is 1. The summed E-state index contributed by atoms with van der Waals surface area (Å²) in [4.78, 5) is 3.66. The number of halogens is 3. The Labute approximate surface area is 100 Å². The maximum atomic E-state index is 12.1. The van der Waals surface area contributed by atoms with Gasteiger partial charge in [0.2, 0.25) is 0 Å². The lowest BCUT2D eigenvalue weighted by molar-refractivity contribution is -0.128. The summed E-state index contributed by atoms with van der Waals surface area (Å²) in [7, 11) is 0. The molecular weight excluding hydrogens is 249 g/mol. The van der Waals surface area contributed by atoms with E-state index in [4.69, 9.17) is 4.52 Å². The highest BCUT2D eigenvalue weighted by Gasteiger charge is 2.30. The summed E-state index contributed by atoms with van der Waals surface area (Å²) in [6.07, 6.45) is -5.60. The van der Waals surface area contributed by atoms with Crippen LogP contribution in [0.5, 0.6) is 5.75 Å². The number of alkyl halides is 3. The van der Waals surface area contributed by atoms with Gasteiger partial charge in [-0.05, 0) is 30.7 Å². The highest BCUT2D eigenvalue weighted by molar-refractivity contribution is 5.56. The molecule has 0 saturated heterocycles. The van der Waals surface area contributed by atoms with Gasteiger partial charge in [-0.2, -0.15) is 18.2 Å². The zero-order valence-corrected chi connectivity index (χ0v) is 9.32. The first kappa shape index (κ1) is 12.4. The van der Waals surface area contributed by atoms with Crippen molar-refractivity contribution >= 4 is 0 Å². The number of hydrogen-bond acceptors (Lipinski definition) is 4. The first-order valence-electron chi connectivity index (χ1n) is 5.04. The van der Waals surface area contributed by atoms with E-state index in [-0.39, 0.29) is 11.6 Å². The van der Waals surface area contributed by atoms with Crippen LogP contribution in [0, 0.1) is 6.92 Å². The van der Waals surface area contributed by atoms with Crippen molar-refractivity contribution in [3.8, 4) is 17.2 Å². The number of aromatic hydroxyl groups is 1. The van der Waals surface area contributed by atoms with Gasteiger partial charge in [-0.3, -0.25) is 0 Å². The molecule has 0 saturated carbocycles. The average molecular weight is 258 g/mol. The topological polar surface area (TPSA) is 59.2 Å². The third-order valence-electron chi connectivity index (χ3n) is 2.27. The van der Waals surface area contributed by atoms with Crippen molar-refractivity contribution in [2.45, 2.75) is 19.5 Å². The van der Waals surface area contributed by atoms with Gasteiger partial charge in [-0.25, -0.2) is 0 Å². The third-order valence-corrected chi connectivity index (χ3v) is 2.27. The Balaban J connectivity index is 2.26. The van der Waals surface area contributed by atoms with Crippen molar-refractivity contribution in [1.82, 2.24) is 10.1 Å². The molecule has 1 heterocycles. The maximum absolute atomic E-state index is 12.1. The molecule has 0 amide bonds. The molecule has 0 radical (unpaired) electrons. The van der Waals surface area contributed by atoms with Gasteiger partial charge in [0.05, 0.1) is 0 Å². The number of aryl methyl sites for hydroxylation is 1. The van der Waals surface area contributed by atoms with Crippen LogP contribution in [0.4, 0.5) is 13.2 Å². The minimum atomic E-state index is -4.37. The van der Waals surface area contributed by atoms with E-state index in [2.05, 4.69) is 10.1 Å². The van der Waals surface area contributed by atoms with Gasteiger partial charge < -0.3 is 9.63 Å². The molecule has 96 valence electrons. The lowest BCUT2D eigenvalue weighted by Crippen LogP contribution is -2.12. The summed E-state index contributed by atoms with van der Waals surface area (Å²) in [5, 5.41) is 12.6. The van der Waals surface area contributed by atoms with Crippen molar-refractivity contribution < 1.29 is 22.8 Å². The zero-order valence-electron chi connectivity index (χ0n) is 9.32. The van der Waals surface area contributed by atoms with Crippen LogP contribution in [-0.4, -0.2) is 21.4 Å². The van der Waals surface area contributed by atoms with E-state index in [9.17, 15) is 18.3 Å². The van der Waals surface area contributed by atoms with Gasteiger partial charge in [0.1, 0.15) is 12.2 Å². The van der Waals surface area contributed by atoms with E-state index < -0.39 is 18.4 Å². The molecule has 4 nitrogen and oxygen atoms in total. The summed E-state index contributed by atoms with van der Waals surface area (Å²) in [6, 6.07) is 4.46. The molecule has 0 spiro atoms. The van der Waals surface area contributed by atoms with Crippen LogP contribution in [0.15, 0.2) is 22.7 Å². The normalized spacial score (nSPS) is 11.8. The largest absolute Gasteiger partial charge is 0.508 e. The summed E-state index contributed by atoms with van der Waals surface area (Å²) in [6.45, 7) is 1.66. The molecular formula is C11H9F3N2O2. The van der Waals surface area contributed by atoms with E-state index in [0.29, 0.717) is 11.1 Å². The standard InChI is InChI=1S/C11H9F3N2O2/c1-6-4-7(2-3-8(6)17)10-15-9(16-18-10)5-11(12,13)14/h2-4,17H,5H2,1H3. The lowest BCUT2D eigenvalue weighted by atomic mass is 10.1. The second-order valence-electron chi connectivity index (χ2n) is 3.81. The third kappa shape index (κ3) is 2.79. The molecule has 2 rings (SSSR count). The van der Waals surface area contributed by atoms with Crippen molar-refractivity contribution in [2.75, 3.05) is 0 Å². The van der Waals surface area contributed by atoms with E-state index in [0.717, 1.165) is 0 Å². The molecule has 0 fully saturated rings. The predicted molar refractivity (Wildman–Crippen MR) is 55.9 cm³/mol. The lowest BCUT2D eigenvalue weighted by Gasteiger charge is -2.00. The number of nitrogens with zero attached hydrogens (tertiary/aromatic N) is 2. The smallest absolute Gasteiger partial charge is 0.396 e. The molecule has 0 atom stereocenters. The van der Waals surface area contributed by atoms with Crippen LogP contribution < -0.4 is 0 Å². The van der Waals surface area contributed by atoms with Crippen LogP contribution >= 0.6 is 0 Å². The highest BCUT2D eigenvalue weighted by atomic mass is 19.4. The fraction of sp³-hybridized carbons (Fsp3) is 0.273. The average Bonchev–Trinajstić information content (AvgIpc) is 2.68. The Kier molecular flexibility index (Phi) is 2.98. The second-order valence-corrected chi connectivity index (χ2v) is 3.81. The summed E-state index contributed by atoms with van der Waals surface area (Å²) >= 11 is 0. The summed E-state index contributed by atoms with van der Waals surface area (Å²) in [5.74, 6) is -0.325. The Hall–Kier alpha value is -2.05. The van der Waals surface area contributed by atoms with Crippen LogP contribution in [0.1, 0.15) is 11.4 Å². The Morgan fingerprint density at radius 2 is 2.06 bits per heavy atom. The van der Waals surface area contributed by atoms with Crippen LogP contribution in [-0.2, 0) is 6.42 Å². The van der Waals surface area contributed by atoms with Gasteiger partial charge in [0.15, 0.2) is 5.82 Å². The summed E-state index contributed by atoms with van der Waals surface area (Å²) < 4.78 is 41.1. The summed E-state index contributed by atoms with van der Waals surface area (Å²) in [5.41, 5.74) is 1.04. The molecule has 1 N–H and O–H groups in total. The van der Waals surface area contributed by atoms with Crippen molar-refractivity contribution in [1.29, 1.82) is 0 Å². The van der Waals surface area contributed by atoms with Gasteiger partial charge in [-0.15, -0.1) is 0 Å². The quantitative estimate of drug-likeness (QED) is 0.899. The predicted octanol–water partition coefficient (Wildman–Crippen LogP) is 2.86. The number of phenols is 1. The first-order valence-corrected chi connectivity index (χ1v) is 5.04. The van der Waals surface area contributed by atoms with E-state index in [1.807, 2.05) is 0 Å². The minimum Gasteiger partial charge on any atom is -0.508 e. The van der Waals surface area contributed by atoms with Crippen molar-refractivity contribution in [3.63, 3.8) is 0 Å². The van der Waals surface area contributed by atoms with E-state index in [1.54, 1.807) is 13.0 Å². The molecule has 0 aliphatic rings. The molecule has 2 aromatic rings. The Morgan fingerprint density at radius 1 is 1.33 bits per heavy atom. The molecule has 18 heavy (non-hydrogen) atoms. The van der Waals surface area contributed by atoms with E-state index >= 15 is 0 Å². The van der Waals surface area contributed by atoms with Gasteiger partial charge in [0, 0.05) is 5.56 Å². The highest BCUT2D eigenvalue weighted by Crippen LogP contribution is 2.25. The van der Waals surface area contributed by atoms with Crippen molar-refractivity contribution in [3.05, 3.63) is 29.6 Å². The number of rotatable bonds is 2. The monoisotopic (exact) mass is 258 g/mol. The molecule has 0 bridgehead atoms. The molecule has 0 unspecified atom stereocenters. The fourth-order valence-electron chi connectivity index (χ4n) is 1.41. The zero-order chi connectivity index (χ0) is 13.3. The Bertz CT molecular complexity index is 564. The molecule has 0 aliphatic heterocycles. The number of hydrogen-bond donors (Lipinski definition) is 1. The molecule has 0 aliphatic carbocycles. The number of aromatic nitrogens is 2. The van der Waals surface area contributed by atoms with Crippen LogP contribution in [0.25, 0.3) is 11.5 Å². The van der Waals surface area contributed by atoms with Gasteiger partial charge in [-0.1, -0.05) is 5.16 Å². The molecule has 1 aromatic carbocycles. The Morgan fingerprint density at radius 3 is 2.67 bits per heavy atom. The van der Waals surface area contributed by atoms with Gasteiger partial charge in [0.25, 0.3) is 5.89 Å². The maximum Gasteiger partial charge on any atom is 0.396 e. The first-order chi connectivity index (χ1) is 8.35. The SMILES string of the molecule is Cc1cc(-c2nc(CC(F)(F)F)no2)ccc1O. The van der Waals surface area contributed by atoms with Gasteiger partial charge >= 0.3 is 6.18 Å².